The van der Waals surface area contributed by atoms with Gasteiger partial charge in [0.15, 0.2) is 0 Å². The number of benzene rings is 3. The van der Waals surface area contributed by atoms with E-state index in [9.17, 15) is 4.79 Å². The molecule has 5 heteroatoms. The zero-order valence-corrected chi connectivity index (χ0v) is 20.4. The Hall–Kier alpha value is -3.50. The van der Waals surface area contributed by atoms with Crippen molar-refractivity contribution in [1.82, 2.24) is 10.4 Å². The Kier molecular flexibility index (Phi) is 7.39. The van der Waals surface area contributed by atoms with Crippen LogP contribution < -0.4 is 5.43 Å². The number of hydrogen-bond donors (Lipinski definition) is 1. The molecular weight excluding hydrogens is 442 g/mol. The third-order valence-corrected chi connectivity index (χ3v) is 5.97. The number of aromatic nitrogens is 1. The summed E-state index contributed by atoms with van der Waals surface area (Å²) in [5.74, 6) is 0.308. The van der Waals surface area contributed by atoms with Crippen LogP contribution in [0.5, 0.6) is 0 Å². The number of nitrogens with zero attached hydrogens (tertiary/aromatic N) is 2. The summed E-state index contributed by atoms with van der Waals surface area (Å²) in [5, 5.41) is 5.67. The number of nitrogens with one attached hydrogen (secondary N) is 1. The molecule has 3 aromatic carbocycles. The minimum Gasteiger partial charge on any atom is -0.267 e. The van der Waals surface area contributed by atoms with Crippen LogP contribution in [-0.4, -0.2) is 16.6 Å². The average molecular weight is 470 g/mol. The minimum atomic E-state index is -0.297. The van der Waals surface area contributed by atoms with Crippen molar-refractivity contribution < 1.29 is 4.79 Å². The normalized spacial score (nSPS) is 11.7. The lowest BCUT2D eigenvalue weighted by molar-refractivity contribution is 0.0956. The van der Waals surface area contributed by atoms with Gasteiger partial charge in [-0.25, -0.2) is 10.4 Å². The lowest BCUT2D eigenvalue weighted by atomic mass is 10.00. The number of amides is 1. The molecular formula is C29H28ClN3O. The molecule has 172 valence electrons. The predicted octanol–water partition coefficient (Wildman–Crippen LogP) is 7.30. The maximum Gasteiger partial charge on any atom is 0.272 e. The van der Waals surface area contributed by atoms with Gasteiger partial charge in [0.05, 0.1) is 27.5 Å². The van der Waals surface area contributed by atoms with E-state index in [1.165, 1.54) is 5.56 Å². The average Bonchev–Trinajstić information content (AvgIpc) is 2.85. The highest BCUT2D eigenvalue weighted by Crippen LogP contribution is 2.29. The van der Waals surface area contributed by atoms with Gasteiger partial charge in [0.2, 0.25) is 0 Å². The van der Waals surface area contributed by atoms with Crippen LogP contribution in [0, 0.1) is 5.92 Å². The second-order valence-corrected chi connectivity index (χ2v) is 9.11. The Morgan fingerprint density at radius 3 is 2.41 bits per heavy atom. The fourth-order valence-corrected chi connectivity index (χ4v) is 4.21. The molecule has 0 spiro atoms. The molecule has 1 heterocycles. The second-order valence-electron chi connectivity index (χ2n) is 8.70. The van der Waals surface area contributed by atoms with E-state index in [4.69, 9.17) is 16.6 Å². The van der Waals surface area contributed by atoms with E-state index in [2.05, 4.69) is 48.6 Å². The third-order valence-electron chi connectivity index (χ3n) is 5.66. The van der Waals surface area contributed by atoms with Crippen LogP contribution in [0.3, 0.4) is 0 Å². The van der Waals surface area contributed by atoms with Crippen LogP contribution >= 0.6 is 11.6 Å². The van der Waals surface area contributed by atoms with Crippen molar-refractivity contribution in [1.29, 1.82) is 0 Å². The van der Waals surface area contributed by atoms with E-state index >= 15 is 0 Å². The first-order valence-corrected chi connectivity index (χ1v) is 11.9. The summed E-state index contributed by atoms with van der Waals surface area (Å²) in [6, 6.07) is 25.4. The van der Waals surface area contributed by atoms with Gasteiger partial charge >= 0.3 is 0 Å². The zero-order valence-electron chi connectivity index (χ0n) is 19.7. The number of hydrazone groups is 1. The van der Waals surface area contributed by atoms with Crippen molar-refractivity contribution in [2.24, 2.45) is 11.0 Å². The van der Waals surface area contributed by atoms with Crippen LogP contribution in [0.2, 0.25) is 5.02 Å². The largest absolute Gasteiger partial charge is 0.272 e. The van der Waals surface area contributed by atoms with Gasteiger partial charge in [-0.1, -0.05) is 99.1 Å². The van der Waals surface area contributed by atoms with E-state index in [0.29, 0.717) is 39.5 Å². The lowest BCUT2D eigenvalue weighted by Gasteiger charge is -2.11. The summed E-state index contributed by atoms with van der Waals surface area (Å²) < 4.78 is 0. The smallest absolute Gasteiger partial charge is 0.267 e. The maximum atomic E-state index is 13.3. The minimum absolute atomic E-state index is 0.297. The monoisotopic (exact) mass is 469 g/mol. The molecule has 0 saturated heterocycles. The van der Waals surface area contributed by atoms with E-state index in [0.717, 1.165) is 23.3 Å². The Morgan fingerprint density at radius 1 is 1.00 bits per heavy atom. The number of carbonyl (C=O) groups excluding carboxylic acids is 1. The van der Waals surface area contributed by atoms with Gasteiger partial charge in [0.1, 0.15) is 0 Å². The van der Waals surface area contributed by atoms with E-state index in [1.807, 2.05) is 49.4 Å². The summed E-state index contributed by atoms with van der Waals surface area (Å²) in [4.78, 5) is 18.0. The first-order valence-electron chi connectivity index (χ1n) is 11.6. The molecule has 1 amide bonds. The number of hydrogen-bond acceptors (Lipinski definition) is 3. The number of pyridine rings is 1. The van der Waals surface area contributed by atoms with Crippen LogP contribution in [0.25, 0.3) is 22.2 Å². The SMILES string of the molecule is CC/C(=N\NC(=O)c1cc(-c2ccccc2)nc2c(Cl)cccc12)c1ccc(CC(C)C)cc1. The maximum absolute atomic E-state index is 13.3. The van der Waals surface area contributed by atoms with Gasteiger partial charge in [-0.15, -0.1) is 0 Å². The molecule has 0 saturated carbocycles. The van der Waals surface area contributed by atoms with Crippen molar-refractivity contribution in [2.45, 2.75) is 33.6 Å². The van der Waals surface area contributed by atoms with Crippen molar-refractivity contribution in [3.05, 3.63) is 101 Å². The Labute approximate surface area is 205 Å². The standard InChI is InChI=1S/C29H28ClN3O/c1-4-26(22-15-13-20(14-16-22)17-19(2)3)32-33-29(34)24-18-27(21-9-6-5-7-10-21)31-28-23(24)11-8-12-25(28)30/h5-16,18-19H,4,17H2,1-3H3,(H,33,34)/b32-26+. The molecule has 0 atom stereocenters. The summed E-state index contributed by atoms with van der Waals surface area (Å²) in [6.07, 6.45) is 1.74. The van der Waals surface area contributed by atoms with E-state index in [-0.39, 0.29) is 5.91 Å². The van der Waals surface area contributed by atoms with Crippen molar-refractivity contribution in [2.75, 3.05) is 0 Å². The molecule has 0 fully saturated rings. The van der Waals surface area contributed by atoms with Crippen LogP contribution in [-0.2, 0) is 6.42 Å². The zero-order chi connectivity index (χ0) is 24.1. The second kappa shape index (κ2) is 10.6. The molecule has 0 bridgehead atoms. The molecule has 4 rings (SSSR count). The molecule has 0 aliphatic carbocycles. The quantitative estimate of drug-likeness (QED) is 0.228. The Balaban J connectivity index is 1.67. The van der Waals surface area contributed by atoms with E-state index in [1.54, 1.807) is 12.1 Å². The number of rotatable bonds is 7. The van der Waals surface area contributed by atoms with Crippen molar-refractivity contribution in [3.8, 4) is 11.3 Å². The summed E-state index contributed by atoms with van der Waals surface area (Å²) in [5.41, 5.74) is 8.57. The van der Waals surface area contributed by atoms with E-state index < -0.39 is 0 Å². The number of para-hydroxylation sites is 1. The Bertz CT molecular complexity index is 1330. The van der Waals surface area contributed by atoms with Gasteiger partial charge in [-0.2, -0.15) is 5.10 Å². The van der Waals surface area contributed by atoms with Gasteiger partial charge < -0.3 is 0 Å². The number of fused-ring (bicyclic) bond motifs is 1. The fraction of sp³-hybridized carbons (Fsp3) is 0.207. The summed E-state index contributed by atoms with van der Waals surface area (Å²) in [6.45, 7) is 6.45. The highest BCUT2D eigenvalue weighted by atomic mass is 35.5. The number of carbonyl (C=O) groups is 1. The Morgan fingerprint density at radius 2 is 1.74 bits per heavy atom. The van der Waals surface area contributed by atoms with Gasteiger partial charge in [0.25, 0.3) is 5.91 Å². The first kappa shape index (κ1) is 23.7. The summed E-state index contributed by atoms with van der Waals surface area (Å²) in [7, 11) is 0. The lowest BCUT2D eigenvalue weighted by Crippen LogP contribution is -2.20. The molecule has 1 N–H and O–H groups in total. The van der Waals surface area contributed by atoms with Crippen LogP contribution in [0.4, 0.5) is 0 Å². The molecule has 0 aliphatic heterocycles. The van der Waals surface area contributed by atoms with Crippen LogP contribution in [0.15, 0.2) is 84.0 Å². The predicted molar refractivity (Wildman–Crippen MR) is 141 cm³/mol. The molecule has 4 aromatic rings. The third kappa shape index (κ3) is 5.35. The highest BCUT2D eigenvalue weighted by Gasteiger charge is 2.16. The molecule has 0 unspecified atom stereocenters. The van der Waals surface area contributed by atoms with Crippen molar-refractivity contribution in [3.63, 3.8) is 0 Å². The molecule has 0 radical (unpaired) electrons. The highest BCUT2D eigenvalue weighted by molar-refractivity contribution is 6.35. The fourth-order valence-electron chi connectivity index (χ4n) is 3.99. The first-order chi connectivity index (χ1) is 16.5. The molecule has 4 nitrogen and oxygen atoms in total. The topological polar surface area (TPSA) is 54.4 Å². The van der Waals surface area contributed by atoms with Gasteiger partial charge in [-0.3, -0.25) is 4.79 Å². The van der Waals surface area contributed by atoms with Gasteiger partial charge in [-0.05, 0) is 42.0 Å². The van der Waals surface area contributed by atoms with Crippen molar-refractivity contribution >= 4 is 34.1 Å². The number of halogens is 1. The molecule has 0 aliphatic rings. The molecule has 34 heavy (non-hydrogen) atoms. The summed E-state index contributed by atoms with van der Waals surface area (Å²) >= 11 is 6.45. The molecule has 1 aromatic heterocycles. The van der Waals surface area contributed by atoms with Crippen LogP contribution in [0.1, 0.15) is 48.7 Å². The van der Waals surface area contributed by atoms with Gasteiger partial charge in [0, 0.05) is 10.9 Å².